The third-order valence-electron chi connectivity index (χ3n) is 5.21. The van der Waals surface area contributed by atoms with Crippen molar-refractivity contribution in [1.29, 1.82) is 0 Å². The van der Waals surface area contributed by atoms with E-state index in [0.717, 1.165) is 12.8 Å². The van der Waals surface area contributed by atoms with Gasteiger partial charge in [-0.2, -0.15) is 0 Å². The molecule has 1 aromatic rings. The van der Waals surface area contributed by atoms with Gasteiger partial charge in [-0.3, -0.25) is 14.4 Å². The molecule has 4 nitrogen and oxygen atoms in total. The zero-order chi connectivity index (χ0) is 19.3. The van der Waals surface area contributed by atoms with Gasteiger partial charge >= 0.3 is 5.97 Å². The number of aliphatic carboxylic acids is 1. The lowest BCUT2D eigenvalue weighted by Crippen LogP contribution is -2.26. The summed E-state index contributed by atoms with van der Waals surface area (Å²) in [7, 11) is 0. The van der Waals surface area contributed by atoms with E-state index < -0.39 is 5.97 Å². The van der Waals surface area contributed by atoms with Gasteiger partial charge in [-0.15, -0.1) is 0 Å². The van der Waals surface area contributed by atoms with Gasteiger partial charge in [0.15, 0.2) is 11.6 Å². The summed E-state index contributed by atoms with van der Waals surface area (Å²) >= 11 is 0. The lowest BCUT2D eigenvalue weighted by Gasteiger charge is -2.25. The third-order valence-corrected chi connectivity index (χ3v) is 5.21. The zero-order valence-corrected chi connectivity index (χ0v) is 15.7. The molecule has 0 amide bonds. The van der Waals surface area contributed by atoms with Crippen LogP contribution in [0.3, 0.4) is 0 Å². The number of carbonyl (C=O) groups is 3. The molecule has 0 saturated heterocycles. The van der Waals surface area contributed by atoms with Gasteiger partial charge in [0, 0.05) is 28.7 Å². The number of rotatable bonds is 8. The fraction of sp³-hybridized carbons (Fsp3) is 0.409. The highest BCUT2D eigenvalue weighted by atomic mass is 16.4. The fourth-order valence-corrected chi connectivity index (χ4v) is 3.54. The number of allylic oxidation sites excluding steroid dienone is 4. The molecule has 0 fully saturated rings. The van der Waals surface area contributed by atoms with Crippen LogP contribution in [-0.4, -0.2) is 22.6 Å². The minimum atomic E-state index is -0.880. The molecule has 0 aromatic heterocycles. The molecule has 0 spiro atoms. The van der Waals surface area contributed by atoms with Gasteiger partial charge in [0.25, 0.3) is 0 Å². The van der Waals surface area contributed by atoms with E-state index in [2.05, 4.69) is 12.1 Å². The van der Waals surface area contributed by atoms with E-state index in [1.54, 1.807) is 20.8 Å². The van der Waals surface area contributed by atoms with Crippen LogP contribution in [0, 0.1) is 5.92 Å². The lowest BCUT2D eigenvalue weighted by atomic mass is 9.76. The Balaban J connectivity index is 2.19. The largest absolute Gasteiger partial charge is 0.481 e. The van der Waals surface area contributed by atoms with Gasteiger partial charge < -0.3 is 5.11 Å². The topological polar surface area (TPSA) is 71.4 Å². The predicted molar refractivity (Wildman–Crippen MR) is 101 cm³/mol. The Morgan fingerprint density at radius 1 is 0.923 bits per heavy atom. The molecule has 26 heavy (non-hydrogen) atoms. The second-order valence-electron chi connectivity index (χ2n) is 6.95. The van der Waals surface area contributed by atoms with Crippen LogP contribution in [0.5, 0.6) is 0 Å². The van der Waals surface area contributed by atoms with Gasteiger partial charge in [-0.05, 0) is 57.9 Å². The first-order chi connectivity index (χ1) is 12.3. The quantitative estimate of drug-likeness (QED) is 0.707. The molecule has 138 valence electrons. The van der Waals surface area contributed by atoms with E-state index in [-0.39, 0.29) is 23.9 Å². The summed E-state index contributed by atoms with van der Waals surface area (Å²) in [6.45, 7) is 5.05. The van der Waals surface area contributed by atoms with Gasteiger partial charge in [0.05, 0.1) is 0 Å². The predicted octanol–water partition coefficient (Wildman–Crippen LogP) is 4.30. The fourth-order valence-electron chi connectivity index (χ4n) is 3.54. The van der Waals surface area contributed by atoms with Crippen LogP contribution in [0.25, 0.3) is 0 Å². The van der Waals surface area contributed by atoms with Crippen LogP contribution in [0.1, 0.15) is 52.0 Å². The molecule has 0 aliphatic heterocycles. The van der Waals surface area contributed by atoms with E-state index in [4.69, 9.17) is 5.11 Å². The second kappa shape index (κ2) is 8.75. The van der Waals surface area contributed by atoms with E-state index in [0.29, 0.717) is 35.1 Å². The molecular formula is C22H26O4. The number of carboxylic acids is 1. The van der Waals surface area contributed by atoms with E-state index in [9.17, 15) is 14.4 Å². The summed E-state index contributed by atoms with van der Waals surface area (Å²) in [5.74, 6) is -1.28. The monoisotopic (exact) mass is 354 g/mol. The van der Waals surface area contributed by atoms with Crippen LogP contribution in [0.4, 0.5) is 0 Å². The maximum Gasteiger partial charge on any atom is 0.303 e. The number of hydrogen-bond donors (Lipinski definition) is 1. The molecule has 1 aromatic carbocycles. The highest BCUT2D eigenvalue weighted by Gasteiger charge is 2.32. The Labute approximate surface area is 154 Å². The Kier molecular flexibility index (Phi) is 6.67. The molecule has 0 radical (unpaired) electrons. The van der Waals surface area contributed by atoms with Crippen molar-refractivity contribution in [3.05, 3.63) is 58.2 Å². The van der Waals surface area contributed by atoms with Crippen molar-refractivity contribution in [2.45, 2.75) is 52.9 Å². The smallest absolute Gasteiger partial charge is 0.303 e. The average molecular weight is 354 g/mol. The first-order valence-corrected chi connectivity index (χ1v) is 9.06. The number of carbonyl (C=O) groups excluding carboxylic acids is 2. The van der Waals surface area contributed by atoms with E-state index in [1.807, 2.05) is 18.2 Å². The number of hydrogen-bond acceptors (Lipinski definition) is 3. The summed E-state index contributed by atoms with van der Waals surface area (Å²) in [4.78, 5) is 36.3. The standard InChI is InChI=1S/C22H26O4/c1-14-15(2)22(26)20(16(3)21(14)25)18(12-13-19(23)24)11-7-10-17-8-5-4-6-9-17/h4-6,8-9,18H,7,10-13H2,1-3H3,(H,23,24). The SMILES string of the molecule is CC1=C(C)C(=O)C(C(CCCc2ccccc2)CCC(=O)O)=C(C)C1=O. The molecule has 1 aliphatic rings. The first kappa shape index (κ1) is 19.8. The number of benzene rings is 1. The summed E-state index contributed by atoms with van der Waals surface area (Å²) in [5, 5.41) is 9.06. The van der Waals surface area contributed by atoms with Gasteiger partial charge in [0.1, 0.15) is 0 Å². The number of carboxylic acid groups (broad SMARTS) is 1. The van der Waals surface area contributed by atoms with E-state index >= 15 is 0 Å². The highest BCUT2D eigenvalue weighted by Crippen LogP contribution is 2.34. The molecule has 0 saturated carbocycles. The van der Waals surface area contributed by atoms with Crippen LogP contribution in [0.15, 0.2) is 52.6 Å². The molecular weight excluding hydrogens is 328 g/mol. The molecule has 1 N–H and O–H groups in total. The van der Waals surface area contributed by atoms with Gasteiger partial charge in [-0.25, -0.2) is 0 Å². The van der Waals surface area contributed by atoms with Gasteiger partial charge in [-0.1, -0.05) is 30.3 Å². The summed E-state index contributed by atoms with van der Waals surface area (Å²) in [5.41, 5.74) is 3.20. The normalized spacial score (nSPS) is 16.3. The Morgan fingerprint density at radius 2 is 1.54 bits per heavy atom. The van der Waals surface area contributed by atoms with Crippen LogP contribution in [-0.2, 0) is 20.8 Å². The maximum atomic E-state index is 12.8. The molecule has 1 atom stereocenters. The van der Waals surface area contributed by atoms with Crippen molar-refractivity contribution in [2.75, 3.05) is 0 Å². The number of aryl methyl sites for hydroxylation is 1. The summed E-state index contributed by atoms with van der Waals surface area (Å²) < 4.78 is 0. The van der Waals surface area contributed by atoms with Crippen molar-refractivity contribution in [2.24, 2.45) is 5.92 Å². The summed E-state index contributed by atoms with van der Waals surface area (Å²) in [6.07, 6.45) is 2.78. The number of Topliss-reactive ketones (excluding diaryl/α,β-unsaturated/α-hetero) is 2. The molecule has 1 unspecified atom stereocenters. The molecule has 0 heterocycles. The van der Waals surface area contributed by atoms with Gasteiger partial charge in [0.2, 0.25) is 0 Å². The third kappa shape index (κ3) is 4.57. The maximum absolute atomic E-state index is 12.8. The first-order valence-electron chi connectivity index (χ1n) is 9.06. The van der Waals surface area contributed by atoms with Crippen molar-refractivity contribution >= 4 is 17.5 Å². The highest BCUT2D eigenvalue weighted by molar-refractivity contribution is 6.24. The molecule has 1 aliphatic carbocycles. The lowest BCUT2D eigenvalue weighted by molar-refractivity contribution is -0.137. The Hall–Kier alpha value is -2.49. The van der Waals surface area contributed by atoms with E-state index in [1.165, 1.54) is 5.56 Å². The average Bonchev–Trinajstić information content (AvgIpc) is 2.63. The Bertz CT molecular complexity index is 769. The summed E-state index contributed by atoms with van der Waals surface area (Å²) in [6, 6.07) is 10.1. The second-order valence-corrected chi connectivity index (χ2v) is 6.95. The van der Waals surface area contributed by atoms with Crippen molar-refractivity contribution in [3.63, 3.8) is 0 Å². The molecule has 2 rings (SSSR count). The minimum Gasteiger partial charge on any atom is -0.481 e. The van der Waals surface area contributed by atoms with Crippen molar-refractivity contribution < 1.29 is 19.5 Å². The van der Waals surface area contributed by atoms with Crippen molar-refractivity contribution in [1.82, 2.24) is 0 Å². The van der Waals surface area contributed by atoms with Crippen molar-refractivity contribution in [3.8, 4) is 0 Å². The van der Waals surface area contributed by atoms with Crippen LogP contribution < -0.4 is 0 Å². The zero-order valence-electron chi connectivity index (χ0n) is 15.7. The minimum absolute atomic E-state index is 0.00397. The van der Waals surface area contributed by atoms with Crippen LogP contribution >= 0.6 is 0 Å². The Morgan fingerprint density at radius 3 is 2.15 bits per heavy atom. The molecule has 0 bridgehead atoms. The molecule has 4 heteroatoms. The number of ketones is 2. The van der Waals surface area contributed by atoms with Crippen LogP contribution in [0.2, 0.25) is 0 Å².